The second-order valence-corrected chi connectivity index (χ2v) is 5.07. The van der Waals surface area contributed by atoms with E-state index >= 15 is 0 Å². The fourth-order valence-corrected chi connectivity index (χ4v) is 3.03. The number of carbonyl (C=O) groups is 1. The molecule has 90 valence electrons. The molecule has 1 heteroatoms. The maximum absolute atomic E-state index is 11.8. The van der Waals surface area contributed by atoms with E-state index in [2.05, 4.69) is 48.5 Å². The van der Waals surface area contributed by atoms with Crippen molar-refractivity contribution in [3.8, 4) is 0 Å². The van der Waals surface area contributed by atoms with Gasteiger partial charge in [0, 0.05) is 11.3 Å². The van der Waals surface area contributed by atoms with E-state index in [1.54, 1.807) is 6.92 Å². The topological polar surface area (TPSA) is 17.1 Å². The molecule has 2 aromatic carbocycles. The van der Waals surface area contributed by atoms with Gasteiger partial charge in [-0.1, -0.05) is 60.7 Å². The predicted octanol–water partition coefficient (Wildman–Crippen LogP) is 3.58. The lowest BCUT2D eigenvalue weighted by Gasteiger charge is -2.18. The highest BCUT2D eigenvalue weighted by Crippen LogP contribution is 2.59. The molecule has 2 aromatic rings. The first-order chi connectivity index (χ1) is 8.75. The number of Topliss-reactive ketones (excluding diaryl/α,β-unsaturated/α-hetero) is 1. The minimum absolute atomic E-state index is 0.0750. The lowest BCUT2D eigenvalue weighted by molar-refractivity contribution is -0.118. The van der Waals surface area contributed by atoms with Gasteiger partial charge in [0.2, 0.25) is 0 Å². The molecule has 1 nitrogen and oxygen atoms in total. The molecule has 0 bridgehead atoms. The van der Waals surface area contributed by atoms with E-state index in [0.717, 1.165) is 6.42 Å². The minimum Gasteiger partial charge on any atom is -0.300 e. The van der Waals surface area contributed by atoms with Gasteiger partial charge < -0.3 is 0 Å². The largest absolute Gasteiger partial charge is 0.300 e. The second-order valence-electron chi connectivity index (χ2n) is 5.07. The number of hydrogen-bond donors (Lipinski definition) is 0. The Morgan fingerprint density at radius 1 is 0.944 bits per heavy atom. The normalized spacial score (nSPS) is 20.4. The molecule has 0 aromatic heterocycles. The van der Waals surface area contributed by atoms with Crippen molar-refractivity contribution in [3.05, 3.63) is 71.8 Å². The van der Waals surface area contributed by atoms with Gasteiger partial charge >= 0.3 is 0 Å². The van der Waals surface area contributed by atoms with Gasteiger partial charge in [-0.25, -0.2) is 0 Å². The summed E-state index contributed by atoms with van der Waals surface area (Å²) in [6.07, 6.45) is 0.941. The molecule has 1 unspecified atom stereocenters. The van der Waals surface area contributed by atoms with Crippen molar-refractivity contribution in [2.45, 2.75) is 18.8 Å². The highest BCUT2D eigenvalue weighted by Gasteiger charge is 2.58. The van der Waals surface area contributed by atoms with Gasteiger partial charge in [-0.05, 0) is 24.5 Å². The summed E-state index contributed by atoms with van der Waals surface area (Å²) < 4.78 is 0. The molecular weight excluding hydrogens is 220 g/mol. The quantitative estimate of drug-likeness (QED) is 0.796. The molecule has 1 saturated carbocycles. The highest BCUT2D eigenvalue weighted by atomic mass is 16.1. The van der Waals surface area contributed by atoms with Crippen molar-refractivity contribution in [2.24, 2.45) is 5.92 Å². The van der Waals surface area contributed by atoms with Gasteiger partial charge in [0.1, 0.15) is 5.78 Å². The maximum Gasteiger partial charge on any atom is 0.134 e. The first-order valence-electron chi connectivity index (χ1n) is 6.36. The van der Waals surface area contributed by atoms with Crippen LogP contribution in [0.3, 0.4) is 0 Å². The lowest BCUT2D eigenvalue weighted by Crippen LogP contribution is -2.15. The van der Waals surface area contributed by atoms with E-state index in [4.69, 9.17) is 0 Å². The number of hydrogen-bond acceptors (Lipinski definition) is 1. The highest BCUT2D eigenvalue weighted by molar-refractivity contribution is 5.85. The Morgan fingerprint density at radius 2 is 1.39 bits per heavy atom. The molecule has 0 amide bonds. The van der Waals surface area contributed by atoms with Crippen molar-refractivity contribution in [1.29, 1.82) is 0 Å². The predicted molar refractivity (Wildman–Crippen MR) is 72.5 cm³/mol. The summed E-state index contributed by atoms with van der Waals surface area (Å²) in [7, 11) is 0. The summed E-state index contributed by atoms with van der Waals surface area (Å²) in [5.41, 5.74) is 2.45. The van der Waals surface area contributed by atoms with Gasteiger partial charge in [-0.3, -0.25) is 4.79 Å². The Morgan fingerprint density at radius 3 is 1.72 bits per heavy atom. The Kier molecular flexibility index (Phi) is 2.55. The van der Waals surface area contributed by atoms with E-state index < -0.39 is 0 Å². The average Bonchev–Trinajstić information content (AvgIpc) is 3.18. The Bertz CT molecular complexity index is 517. The molecule has 0 heterocycles. The summed E-state index contributed by atoms with van der Waals surface area (Å²) in [4.78, 5) is 11.8. The van der Waals surface area contributed by atoms with Crippen molar-refractivity contribution >= 4 is 5.78 Å². The summed E-state index contributed by atoms with van der Waals surface area (Å²) in [6, 6.07) is 20.8. The van der Waals surface area contributed by atoms with E-state index in [1.165, 1.54) is 11.1 Å². The van der Waals surface area contributed by atoms with Crippen LogP contribution in [0.5, 0.6) is 0 Å². The molecule has 1 aliphatic carbocycles. The van der Waals surface area contributed by atoms with Gasteiger partial charge in [0.25, 0.3) is 0 Å². The summed E-state index contributed by atoms with van der Waals surface area (Å²) in [6.45, 7) is 1.71. The third-order valence-corrected chi connectivity index (χ3v) is 4.03. The van der Waals surface area contributed by atoms with Crippen LogP contribution in [-0.4, -0.2) is 5.78 Å². The van der Waals surface area contributed by atoms with Gasteiger partial charge in [-0.2, -0.15) is 0 Å². The summed E-state index contributed by atoms with van der Waals surface area (Å²) >= 11 is 0. The zero-order valence-corrected chi connectivity index (χ0v) is 10.5. The van der Waals surface area contributed by atoms with Crippen molar-refractivity contribution < 1.29 is 4.79 Å². The molecule has 1 aliphatic rings. The molecule has 0 spiro atoms. The standard InChI is InChI=1S/C17H16O/c1-13(18)16-12-17(16,14-8-4-2-5-9-14)15-10-6-3-7-11-15/h2-11,16H,12H2,1H3. The van der Waals surface area contributed by atoms with Crippen LogP contribution in [-0.2, 0) is 10.2 Å². The average molecular weight is 236 g/mol. The fourth-order valence-electron chi connectivity index (χ4n) is 3.03. The van der Waals surface area contributed by atoms with E-state index in [1.807, 2.05) is 12.1 Å². The Balaban J connectivity index is 2.11. The molecule has 0 saturated heterocycles. The van der Waals surface area contributed by atoms with Crippen molar-refractivity contribution in [1.82, 2.24) is 0 Å². The van der Waals surface area contributed by atoms with Crippen LogP contribution >= 0.6 is 0 Å². The molecule has 0 aliphatic heterocycles. The smallest absolute Gasteiger partial charge is 0.134 e. The van der Waals surface area contributed by atoms with E-state index in [-0.39, 0.29) is 11.3 Å². The van der Waals surface area contributed by atoms with Crippen LogP contribution in [0.15, 0.2) is 60.7 Å². The number of carbonyl (C=O) groups excluding carboxylic acids is 1. The van der Waals surface area contributed by atoms with Crippen molar-refractivity contribution in [2.75, 3.05) is 0 Å². The molecule has 1 fully saturated rings. The molecule has 18 heavy (non-hydrogen) atoms. The summed E-state index contributed by atoms with van der Waals surface area (Å²) in [5, 5.41) is 0. The van der Waals surface area contributed by atoms with Crippen LogP contribution in [0, 0.1) is 5.92 Å². The Hall–Kier alpha value is -1.89. The van der Waals surface area contributed by atoms with Gasteiger partial charge in [0.15, 0.2) is 0 Å². The number of benzene rings is 2. The SMILES string of the molecule is CC(=O)C1CC1(c1ccccc1)c1ccccc1. The van der Waals surface area contributed by atoms with Gasteiger partial charge in [-0.15, -0.1) is 0 Å². The van der Waals surface area contributed by atoms with Crippen LogP contribution < -0.4 is 0 Å². The first kappa shape index (κ1) is 11.2. The molecule has 3 rings (SSSR count). The third-order valence-electron chi connectivity index (χ3n) is 4.03. The summed E-state index contributed by atoms with van der Waals surface area (Å²) in [5.74, 6) is 0.435. The van der Waals surface area contributed by atoms with Crippen LogP contribution in [0.4, 0.5) is 0 Å². The van der Waals surface area contributed by atoms with Crippen molar-refractivity contribution in [3.63, 3.8) is 0 Å². The minimum atomic E-state index is -0.0750. The third kappa shape index (κ3) is 1.59. The zero-order valence-electron chi connectivity index (χ0n) is 10.5. The fraction of sp³-hybridized carbons (Fsp3) is 0.235. The number of ketones is 1. The second kappa shape index (κ2) is 4.09. The van der Waals surface area contributed by atoms with Gasteiger partial charge in [0.05, 0.1) is 0 Å². The molecular formula is C17H16O. The van der Waals surface area contributed by atoms with E-state index in [0.29, 0.717) is 5.78 Å². The monoisotopic (exact) mass is 236 g/mol. The molecule has 0 N–H and O–H groups in total. The van der Waals surface area contributed by atoms with Crippen LogP contribution in [0.1, 0.15) is 24.5 Å². The first-order valence-corrected chi connectivity index (χ1v) is 6.36. The van der Waals surface area contributed by atoms with E-state index in [9.17, 15) is 4.79 Å². The Labute approximate surface area is 107 Å². The zero-order chi connectivity index (χ0) is 12.6. The maximum atomic E-state index is 11.8. The van der Waals surface area contributed by atoms with Crippen LogP contribution in [0.2, 0.25) is 0 Å². The lowest BCUT2D eigenvalue weighted by atomic mass is 9.85. The molecule has 0 radical (unpaired) electrons. The molecule has 1 atom stereocenters. The van der Waals surface area contributed by atoms with Crippen LogP contribution in [0.25, 0.3) is 0 Å². The number of rotatable bonds is 3.